The third kappa shape index (κ3) is 1.95. The first-order valence-electron chi connectivity index (χ1n) is 6.03. The minimum absolute atomic E-state index is 0.235. The topological polar surface area (TPSA) is 54.5 Å². The van der Waals surface area contributed by atoms with E-state index in [9.17, 15) is 0 Å². The molecule has 0 unspecified atom stereocenters. The Bertz CT molecular complexity index is 780. The Hall–Kier alpha value is -2.67. The number of hydrogen-bond donors (Lipinski definition) is 0. The Morgan fingerprint density at radius 1 is 1.26 bits per heavy atom. The molecule has 4 nitrogen and oxygen atoms in total. The van der Waals surface area contributed by atoms with Crippen LogP contribution in [0.1, 0.15) is 5.82 Å². The van der Waals surface area contributed by atoms with Gasteiger partial charge in [0.15, 0.2) is 0 Å². The van der Waals surface area contributed by atoms with Crippen molar-refractivity contribution in [1.29, 1.82) is 5.26 Å². The summed E-state index contributed by atoms with van der Waals surface area (Å²) in [6, 6.07) is 12.2. The molecule has 0 aliphatic rings. The molecule has 0 aliphatic carbocycles. The summed E-state index contributed by atoms with van der Waals surface area (Å²) in [6.45, 7) is 0. The molecule has 0 bridgehead atoms. The van der Waals surface area contributed by atoms with Crippen LogP contribution < -0.4 is 0 Å². The number of nitriles is 1. The van der Waals surface area contributed by atoms with E-state index >= 15 is 0 Å². The molecule has 3 aromatic rings. The van der Waals surface area contributed by atoms with Gasteiger partial charge in [-0.25, -0.2) is 9.97 Å². The van der Waals surface area contributed by atoms with Gasteiger partial charge in [0, 0.05) is 35.9 Å². The predicted molar refractivity (Wildman–Crippen MR) is 73.3 cm³/mol. The Kier molecular flexibility index (Phi) is 2.73. The van der Waals surface area contributed by atoms with Gasteiger partial charge in [-0.15, -0.1) is 0 Å². The summed E-state index contributed by atoms with van der Waals surface area (Å²) in [4.78, 5) is 8.55. The van der Waals surface area contributed by atoms with Crippen LogP contribution in [0.15, 0.2) is 42.7 Å². The fraction of sp³-hybridized carbons (Fsp3) is 0.133. The van der Waals surface area contributed by atoms with Crippen molar-refractivity contribution in [3.63, 3.8) is 0 Å². The van der Waals surface area contributed by atoms with Crippen LogP contribution in [0, 0.1) is 11.3 Å². The summed E-state index contributed by atoms with van der Waals surface area (Å²) in [5.41, 5.74) is 3.09. The van der Waals surface area contributed by atoms with Gasteiger partial charge in [-0.1, -0.05) is 18.2 Å². The van der Waals surface area contributed by atoms with E-state index in [1.807, 2.05) is 25.2 Å². The molecule has 2 heterocycles. The van der Waals surface area contributed by atoms with Crippen LogP contribution in [0.2, 0.25) is 0 Å². The molecule has 4 heteroatoms. The monoisotopic (exact) mass is 248 g/mol. The third-order valence-electron chi connectivity index (χ3n) is 3.12. The minimum Gasteiger partial charge on any atom is -0.350 e. The highest BCUT2D eigenvalue weighted by molar-refractivity contribution is 5.95. The van der Waals surface area contributed by atoms with Gasteiger partial charge in [0.05, 0.1) is 18.2 Å². The predicted octanol–water partition coefficient (Wildman–Crippen LogP) is 2.70. The molecule has 0 N–H and O–H groups in total. The summed E-state index contributed by atoms with van der Waals surface area (Å²) in [6.07, 6.45) is 4.00. The smallest absolute Gasteiger partial charge is 0.142 e. The lowest BCUT2D eigenvalue weighted by Gasteiger charge is -2.00. The zero-order valence-electron chi connectivity index (χ0n) is 10.5. The van der Waals surface area contributed by atoms with E-state index in [-0.39, 0.29) is 6.42 Å². The van der Waals surface area contributed by atoms with Gasteiger partial charge in [-0.2, -0.15) is 5.26 Å². The van der Waals surface area contributed by atoms with Crippen molar-refractivity contribution < 1.29 is 0 Å². The molecule has 0 atom stereocenters. The van der Waals surface area contributed by atoms with Crippen molar-refractivity contribution in [1.82, 2.24) is 14.5 Å². The van der Waals surface area contributed by atoms with Crippen molar-refractivity contribution >= 4 is 10.9 Å². The molecule has 0 spiro atoms. The second-order valence-corrected chi connectivity index (χ2v) is 4.36. The first-order chi connectivity index (χ1) is 9.29. The van der Waals surface area contributed by atoms with E-state index in [0.717, 1.165) is 22.2 Å². The number of aromatic nitrogens is 3. The summed E-state index contributed by atoms with van der Waals surface area (Å²) >= 11 is 0. The second-order valence-electron chi connectivity index (χ2n) is 4.36. The molecule has 2 aromatic heterocycles. The van der Waals surface area contributed by atoms with Crippen LogP contribution in [0.4, 0.5) is 0 Å². The summed E-state index contributed by atoms with van der Waals surface area (Å²) < 4.78 is 2.08. The highest BCUT2D eigenvalue weighted by atomic mass is 14.9. The average Bonchev–Trinajstić information content (AvgIpc) is 2.78. The Labute approximate surface area is 111 Å². The fourth-order valence-electron chi connectivity index (χ4n) is 2.25. The molecular formula is C15H12N4. The second kappa shape index (κ2) is 4.54. The van der Waals surface area contributed by atoms with E-state index in [0.29, 0.717) is 5.82 Å². The van der Waals surface area contributed by atoms with Crippen LogP contribution in [0.3, 0.4) is 0 Å². The molecule has 0 aliphatic heterocycles. The summed E-state index contributed by atoms with van der Waals surface area (Å²) in [7, 11) is 2.02. The third-order valence-corrected chi connectivity index (χ3v) is 3.12. The van der Waals surface area contributed by atoms with Gasteiger partial charge in [-0.05, 0) is 12.1 Å². The van der Waals surface area contributed by atoms with E-state index in [1.54, 1.807) is 6.20 Å². The molecule has 0 fully saturated rings. The first kappa shape index (κ1) is 11.4. The number of rotatable bonds is 2. The van der Waals surface area contributed by atoms with Gasteiger partial charge < -0.3 is 4.57 Å². The summed E-state index contributed by atoms with van der Waals surface area (Å²) in [5.74, 6) is 0.563. The van der Waals surface area contributed by atoms with Crippen LogP contribution in [0.25, 0.3) is 22.2 Å². The lowest BCUT2D eigenvalue weighted by molar-refractivity contribution is 0.965. The fourth-order valence-corrected chi connectivity index (χ4v) is 2.25. The van der Waals surface area contributed by atoms with Crippen LogP contribution in [-0.4, -0.2) is 14.5 Å². The van der Waals surface area contributed by atoms with Crippen molar-refractivity contribution in [3.05, 3.63) is 48.5 Å². The number of hydrogen-bond acceptors (Lipinski definition) is 3. The lowest BCUT2D eigenvalue weighted by Crippen LogP contribution is -1.94. The van der Waals surface area contributed by atoms with Gasteiger partial charge in [0.2, 0.25) is 0 Å². The zero-order valence-corrected chi connectivity index (χ0v) is 10.5. The maximum atomic E-state index is 8.72. The van der Waals surface area contributed by atoms with Gasteiger partial charge in [0.25, 0.3) is 0 Å². The molecule has 0 radical (unpaired) electrons. The molecule has 19 heavy (non-hydrogen) atoms. The van der Waals surface area contributed by atoms with Gasteiger partial charge in [0.1, 0.15) is 5.82 Å². The normalized spacial score (nSPS) is 10.5. The van der Waals surface area contributed by atoms with E-state index in [4.69, 9.17) is 5.26 Å². The molecule has 3 rings (SSSR count). The quantitative estimate of drug-likeness (QED) is 0.700. The number of fused-ring (bicyclic) bond motifs is 1. The van der Waals surface area contributed by atoms with E-state index in [2.05, 4.69) is 38.9 Å². The SMILES string of the molecule is Cn1cc(-c2ccnc(CC#N)n2)c2ccccc21. The molecule has 92 valence electrons. The Balaban J connectivity index is 2.19. The van der Waals surface area contributed by atoms with Crippen LogP contribution in [-0.2, 0) is 13.5 Å². The molecule has 0 saturated carbocycles. The van der Waals surface area contributed by atoms with Crippen molar-refractivity contribution in [2.45, 2.75) is 6.42 Å². The van der Waals surface area contributed by atoms with Crippen molar-refractivity contribution in [3.8, 4) is 17.3 Å². The van der Waals surface area contributed by atoms with E-state index < -0.39 is 0 Å². The average molecular weight is 248 g/mol. The Morgan fingerprint density at radius 2 is 2.11 bits per heavy atom. The highest BCUT2D eigenvalue weighted by Crippen LogP contribution is 2.28. The number of para-hydroxylation sites is 1. The Morgan fingerprint density at radius 3 is 2.95 bits per heavy atom. The van der Waals surface area contributed by atoms with Crippen LogP contribution in [0.5, 0.6) is 0 Å². The van der Waals surface area contributed by atoms with Crippen molar-refractivity contribution in [2.75, 3.05) is 0 Å². The highest BCUT2D eigenvalue weighted by Gasteiger charge is 2.09. The molecule has 0 saturated heterocycles. The molecule has 0 amide bonds. The molecular weight excluding hydrogens is 236 g/mol. The van der Waals surface area contributed by atoms with E-state index in [1.165, 1.54) is 0 Å². The maximum Gasteiger partial charge on any atom is 0.142 e. The van der Waals surface area contributed by atoms with Gasteiger partial charge in [-0.3, -0.25) is 0 Å². The first-order valence-corrected chi connectivity index (χ1v) is 6.03. The van der Waals surface area contributed by atoms with Gasteiger partial charge >= 0.3 is 0 Å². The zero-order chi connectivity index (χ0) is 13.2. The largest absolute Gasteiger partial charge is 0.350 e. The van der Waals surface area contributed by atoms with Crippen molar-refractivity contribution in [2.24, 2.45) is 7.05 Å². The minimum atomic E-state index is 0.235. The van der Waals surface area contributed by atoms with Crippen LogP contribution >= 0.6 is 0 Å². The maximum absolute atomic E-state index is 8.72. The standard InChI is InChI=1S/C15H12N4/c1-19-10-12(11-4-2-3-5-14(11)19)13-7-9-17-15(18-13)6-8-16/h2-5,7,9-10H,6H2,1H3. The number of aryl methyl sites for hydroxylation is 1. The molecule has 1 aromatic carbocycles. The number of nitrogens with zero attached hydrogens (tertiary/aromatic N) is 4. The summed E-state index contributed by atoms with van der Waals surface area (Å²) in [5, 5.41) is 9.88. The lowest BCUT2D eigenvalue weighted by atomic mass is 10.1. The number of benzene rings is 1.